The molecular formula is C13H13NO5. The van der Waals surface area contributed by atoms with Gasteiger partial charge in [0, 0.05) is 23.8 Å². The summed E-state index contributed by atoms with van der Waals surface area (Å²) in [5.41, 5.74) is 0.166. The van der Waals surface area contributed by atoms with Crippen molar-refractivity contribution in [2.75, 3.05) is 0 Å². The number of esters is 1. The van der Waals surface area contributed by atoms with Gasteiger partial charge in [-0.15, -0.1) is 0 Å². The summed E-state index contributed by atoms with van der Waals surface area (Å²) in [6.45, 7) is 3.40. The van der Waals surface area contributed by atoms with Crippen molar-refractivity contribution in [2.45, 2.75) is 20.0 Å². The van der Waals surface area contributed by atoms with Crippen molar-refractivity contribution in [1.82, 2.24) is 0 Å². The Kier molecular flexibility index (Phi) is 4.93. The van der Waals surface area contributed by atoms with Gasteiger partial charge in [-0.3, -0.25) is 14.9 Å². The molecule has 0 N–H and O–H groups in total. The van der Waals surface area contributed by atoms with Crippen molar-refractivity contribution in [3.05, 3.63) is 52.1 Å². The lowest BCUT2D eigenvalue weighted by Gasteiger charge is -2.03. The van der Waals surface area contributed by atoms with Crippen LogP contribution in [0, 0.1) is 10.1 Å². The molecule has 100 valence electrons. The van der Waals surface area contributed by atoms with E-state index in [4.69, 9.17) is 4.74 Å². The first kappa shape index (κ1) is 14.6. The minimum absolute atomic E-state index is 0.0975. The Morgan fingerprint density at radius 2 is 1.79 bits per heavy atom. The van der Waals surface area contributed by atoms with Gasteiger partial charge < -0.3 is 4.74 Å². The summed E-state index contributed by atoms with van der Waals surface area (Å²) in [6.07, 6.45) is 1.85. The maximum atomic E-state index is 11.7. The lowest BCUT2D eigenvalue weighted by atomic mass is 10.1. The molecule has 19 heavy (non-hydrogen) atoms. The van der Waals surface area contributed by atoms with Gasteiger partial charge in [0.1, 0.15) is 0 Å². The van der Waals surface area contributed by atoms with Crippen LogP contribution in [-0.4, -0.2) is 22.8 Å². The molecule has 0 spiro atoms. The van der Waals surface area contributed by atoms with Crippen LogP contribution in [0.15, 0.2) is 36.4 Å². The Hall–Kier alpha value is -2.50. The lowest BCUT2D eigenvalue weighted by molar-refractivity contribution is -0.384. The highest BCUT2D eigenvalue weighted by Gasteiger charge is 2.08. The SMILES string of the molecule is CC(C)OC(=O)C=CC(=O)c1ccc([N+](=O)[O-])cc1. The topological polar surface area (TPSA) is 86.5 Å². The minimum Gasteiger partial charge on any atom is -0.460 e. The summed E-state index contributed by atoms with van der Waals surface area (Å²) in [7, 11) is 0. The van der Waals surface area contributed by atoms with Crippen molar-refractivity contribution in [3.63, 3.8) is 0 Å². The molecular weight excluding hydrogens is 250 g/mol. The second kappa shape index (κ2) is 6.44. The molecule has 0 unspecified atom stereocenters. The number of carbonyl (C=O) groups excluding carboxylic acids is 2. The number of hydrogen-bond donors (Lipinski definition) is 0. The van der Waals surface area contributed by atoms with Gasteiger partial charge in [-0.05, 0) is 32.1 Å². The summed E-state index contributed by atoms with van der Waals surface area (Å²) in [4.78, 5) is 32.7. The zero-order valence-electron chi connectivity index (χ0n) is 10.5. The van der Waals surface area contributed by atoms with Crippen LogP contribution in [0.2, 0.25) is 0 Å². The molecule has 0 aliphatic carbocycles. The Bertz CT molecular complexity index is 516. The minimum atomic E-state index is -0.606. The van der Waals surface area contributed by atoms with Crippen LogP contribution in [0.3, 0.4) is 0 Å². The van der Waals surface area contributed by atoms with Crippen molar-refractivity contribution in [3.8, 4) is 0 Å². The van der Waals surface area contributed by atoms with E-state index in [0.717, 1.165) is 12.2 Å². The van der Waals surface area contributed by atoms with Gasteiger partial charge in [0.15, 0.2) is 5.78 Å². The number of carbonyl (C=O) groups is 2. The first-order valence-electron chi connectivity index (χ1n) is 5.57. The first-order valence-corrected chi connectivity index (χ1v) is 5.57. The molecule has 0 heterocycles. The standard InChI is InChI=1S/C13H13NO5/c1-9(2)19-13(16)8-7-12(15)10-3-5-11(6-4-10)14(17)18/h3-9H,1-2H3. The molecule has 1 rings (SSSR count). The molecule has 6 nitrogen and oxygen atoms in total. The van der Waals surface area contributed by atoms with Gasteiger partial charge in [-0.2, -0.15) is 0 Å². The highest BCUT2D eigenvalue weighted by molar-refractivity contribution is 6.07. The molecule has 0 fully saturated rings. The van der Waals surface area contributed by atoms with Crippen molar-refractivity contribution in [1.29, 1.82) is 0 Å². The monoisotopic (exact) mass is 263 g/mol. The molecule has 0 saturated carbocycles. The molecule has 1 aromatic rings. The van der Waals surface area contributed by atoms with Crippen molar-refractivity contribution >= 4 is 17.4 Å². The molecule has 0 aromatic heterocycles. The normalized spacial score (nSPS) is 10.7. The van der Waals surface area contributed by atoms with Crippen LogP contribution < -0.4 is 0 Å². The molecule has 6 heteroatoms. The average Bonchev–Trinajstić information content (AvgIpc) is 2.35. The van der Waals surface area contributed by atoms with Gasteiger partial charge in [-0.25, -0.2) is 4.79 Å². The highest BCUT2D eigenvalue weighted by atomic mass is 16.6. The fourth-order valence-corrected chi connectivity index (χ4v) is 1.26. The molecule has 0 saturated heterocycles. The summed E-state index contributed by atoms with van der Waals surface area (Å²) in [5.74, 6) is -1.03. The fourth-order valence-electron chi connectivity index (χ4n) is 1.26. The third kappa shape index (κ3) is 4.71. The fraction of sp³-hybridized carbons (Fsp3) is 0.231. The summed E-state index contributed by atoms with van der Waals surface area (Å²) in [5, 5.41) is 10.4. The van der Waals surface area contributed by atoms with Gasteiger partial charge in [0.25, 0.3) is 5.69 Å². The van der Waals surface area contributed by atoms with E-state index in [2.05, 4.69) is 0 Å². The summed E-state index contributed by atoms with van der Waals surface area (Å²) in [6, 6.07) is 5.12. The van der Waals surface area contributed by atoms with E-state index in [0.29, 0.717) is 0 Å². The Morgan fingerprint density at radius 3 is 2.26 bits per heavy atom. The second-order valence-corrected chi connectivity index (χ2v) is 3.99. The number of ketones is 1. The largest absolute Gasteiger partial charge is 0.460 e. The number of nitrogens with zero attached hydrogens (tertiary/aromatic N) is 1. The number of ether oxygens (including phenoxy) is 1. The van der Waals surface area contributed by atoms with Crippen molar-refractivity contribution in [2.24, 2.45) is 0 Å². The number of nitro groups is 1. The van der Waals surface area contributed by atoms with E-state index in [1.807, 2.05) is 0 Å². The molecule has 0 aliphatic rings. The lowest BCUT2D eigenvalue weighted by Crippen LogP contribution is -2.09. The maximum Gasteiger partial charge on any atom is 0.331 e. The number of non-ortho nitro benzene ring substituents is 1. The summed E-state index contributed by atoms with van der Waals surface area (Å²) < 4.78 is 4.82. The van der Waals surface area contributed by atoms with E-state index in [-0.39, 0.29) is 17.4 Å². The average molecular weight is 263 g/mol. The second-order valence-electron chi connectivity index (χ2n) is 3.99. The first-order chi connectivity index (χ1) is 8.90. The zero-order valence-corrected chi connectivity index (χ0v) is 10.5. The zero-order chi connectivity index (χ0) is 14.4. The van der Waals surface area contributed by atoms with Crippen LogP contribution in [0.5, 0.6) is 0 Å². The molecule has 0 atom stereocenters. The van der Waals surface area contributed by atoms with Crippen LogP contribution in [0.1, 0.15) is 24.2 Å². The van der Waals surface area contributed by atoms with E-state index in [1.54, 1.807) is 13.8 Å². The predicted octanol–water partition coefficient (Wildman–Crippen LogP) is 2.29. The van der Waals surface area contributed by atoms with E-state index >= 15 is 0 Å². The summed E-state index contributed by atoms with van der Waals surface area (Å²) >= 11 is 0. The number of allylic oxidation sites excluding steroid dienone is 1. The molecule has 0 bridgehead atoms. The van der Waals surface area contributed by atoms with Crippen LogP contribution in [0.4, 0.5) is 5.69 Å². The van der Waals surface area contributed by atoms with E-state index < -0.39 is 16.7 Å². The Morgan fingerprint density at radius 1 is 1.21 bits per heavy atom. The predicted molar refractivity (Wildman–Crippen MR) is 67.8 cm³/mol. The molecule has 1 aromatic carbocycles. The number of benzene rings is 1. The van der Waals surface area contributed by atoms with Crippen LogP contribution >= 0.6 is 0 Å². The van der Waals surface area contributed by atoms with E-state index in [9.17, 15) is 19.7 Å². The Labute approximate surface area is 109 Å². The van der Waals surface area contributed by atoms with Gasteiger partial charge in [0.05, 0.1) is 11.0 Å². The smallest absolute Gasteiger partial charge is 0.331 e. The molecule has 0 aliphatic heterocycles. The molecule has 0 radical (unpaired) electrons. The van der Waals surface area contributed by atoms with E-state index in [1.165, 1.54) is 24.3 Å². The third-order valence-corrected chi connectivity index (χ3v) is 2.09. The number of nitro benzene ring substituents is 1. The van der Waals surface area contributed by atoms with Crippen LogP contribution in [0.25, 0.3) is 0 Å². The van der Waals surface area contributed by atoms with Crippen molar-refractivity contribution < 1.29 is 19.2 Å². The van der Waals surface area contributed by atoms with Gasteiger partial charge >= 0.3 is 5.97 Å². The van der Waals surface area contributed by atoms with Gasteiger partial charge in [-0.1, -0.05) is 0 Å². The Balaban J connectivity index is 2.70. The quantitative estimate of drug-likeness (QED) is 0.267. The number of hydrogen-bond acceptors (Lipinski definition) is 5. The molecule has 0 amide bonds. The third-order valence-electron chi connectivity index (χ3n) is 2.09. The van der Waals surface area contributed by atoms with Gasteiger partial charge in [0.2, 0.25) is 0 Å². The highest BCUT2D eigenvalue weighted by Crippen LogP contribution is 2.12. The van der Waals surface area contributed by atoms with Crippen LogP contribution in [-0.2, 0) is 9.53 Å². The maximum absolute atomic E-state index is 11.7. The number of rotatable bonds is 5.